The zero-order chi connectivity index (χ0) is 13.3. The van der Waals surface area contributed by atoms with Crippen molar-refractivity contribution in [1.82, 2.24) is 0 Å². The number of fused-ring (bicyclic) bond motifs is 1. The van der Waals surface area contributed by atoms with E-state index in [1.165, 1.54) is 7.11 Å². The van der Waals surface area contributed by atoms with E-state index >= 15 is 0 Å². The molecule has 7 nitrogen and oxygen atoms in total. The fourth-order valence-electron chi connectivity index (χ4n) is 2.26. The van der Waals surface area contributed by atoms with Gasteiger partial charge in [-0.2, -0.15) is 0 Å². The van der Waals surface area contributed by atoms with Crippen molar-refractivity contribution < 1.29 is 33.3 Å². The van der Waals surface area contributed by atoms with Gasteiger partial charge in [-0.15, -0.1) is 0 Å². The Morgan fingerprint density at radius 2 is 2.00 bits per heavy atom. The number of hydrogen-bond acceptors (Lipinski definition) is 7. The molecular weight excluding hydrogens is 244 g/mol. The Bertz CT molecular complexity index is 340. The molecule has 2 aliphatic rings. The van der Waals surface area contributed by atoms with Crippen LogP contribution in [0.2, 0.25) is 0 Å². The lowest BCUT2D eigenvalue weighted by Gasteiger charge is -2.23. The standard InChI is InChI=1S/C11H16O7/c1-11(2)17-8-6(4-7(13)15-5-12)16-10(14-3)9(8)18-11/h5-6,8-10H,4H2,1-3H3/t6-,8-,9-,10?/m1/s1. The van der Waals surface area contributed by atoms with E-state index in [0.29, 0.717) is 0 Å². The number of esters is 1. The maximum atomic E-state index is 11.3. The van der Waals surface area contributed by atoms with Crippen molar-refractivity contribution >= 4 is 12.4 Å². The number of carbonyl (C=O) groups excluding carboxylic acids is 2. The highest BCUT2D eigenvalue weighted by atomic mass is 16.8. The van der Waals surface area contributed by atoms with Crippen LogP contribution in [-0.4, -0.2) is 49.9 Å². The maximum Gasteiger partial charge on any atom is 0.316 e. The second kappa shape index (κ2) is 4.93. The highest BCUT2D eigenvalue weighted by Gasteiger charge is 2.55. The average molecular weight is 260 g/mol. The Morgan fingerprint density at radius 1 is 1.33 bits per heavy atom. The van der Waals surface area contributed by atoms with Crippen molar-refractivity contribution in [2.24, 2.45) is 0 Å². The summed E-state index contributed by atoms with van der Waals surface area (Å²) in [5, 5.41) is 0. The summed E-state index contributed by atoms with van der Waals surface area (Å²) in [4.78, 5) is 21.3. The van der Waals surface area contributed by atoms with Crippen LogP contribution in [0.15, 0.2) is 0 Å². The lowest BCUT2D eigenvalue weighted by Crippen LogP contribution is -2.31. The van der Waals surface area contributed by atoms with Gasteiger partial charge in [-0.05, 0) is 13.8 Å². The zero-order valence-corrected chi connectivity index (χ0v) is 10.5. The minimum Gasteiger partial charge on any atom is -0.395 e. The Hall–Kier alpha value is -1.02. The molecule has 18 heavy (non-hydrogen) atoms. The molecule has 0 aromatic carbocycles. The summed E-state index contributed by atoms with van der Waals surface area (Å²) in [5.74, 6) is -1.42. The highest BCUT2D eigenvalue weighted by Crippen LogP contribution is 2.39. The Balaban J connectivity index is 2.04. The van der Waals surface area contributed by atoms with Gasteiger partial charge in [0.15, 0.2) is 12.1 Å². The first-order chi connectivity index (χ1) is 8.46. The van der Waals surface area contributed by atoms with Crippen molar-refractivity contribution in [3.63, 3.8) is 0 Å². The first-order valence-electron chi connectivity index (χ1n) is 5.64. The molecule has 0 aliphatic carbocycles. The predicted molar refractivity (Wildman–Crippen MR) is 56.3 cm³/mol. The van der Waals surface area contributed by atoms with E-state index in [1.54, 1.807) is 13.8 Å². The van der Waals surface area contributed by atoms with Gasteiger partial charge in [0, 0.05) is 7.11 Å². The summed E-state index contributed by atoms with van der Waals surface area (Å²) in [5.41, 5.74) is 0. The number of carbonyl (C=O) groups is 2. The number of hydrogen-bond donors (Lipinski definition) is 0. The molecular formula is C11H16O7. The largest absolute Gasteiger partial charge is 0.395 e. The van der Waals surface area contributed by atoms with E-state index in [9.17, 15) is 9.59 Å². The van der Waals surface area contributed by atoms with Gasteiger partial charge in [0.1, 0.15) is 18.3 Å². The molecule has 7 heteroatoms. The first kappa shape index (κ1) is 13.4. The minimum atomic E-state index is -0.747. The monoisotopic (exact) mass is 260 g/mol. The van der Waals surface area contributed by atoms with Crippen LogP contribution in [0.5, 0.6) is 0 Å². The maximum absolute atomic E-state index is 11.3. The van der Waals surface area contributed by atoms with E-state index in [0.717, 1.165) is 0 Å². The van der Waals surface area contributed by atoms with Crippen LogP contribution in [0.1, 0.15) is 20.3 Å². The predicted octanol–water partition coefficient (Wildman–Crippen LogP) is -0.0325. The van der Waals surface area contributed by atoms with E-state index in [-0.39, 0.29) is 19.0 Å². The third-order valence-corrected chi connectivity index (χ3v) is 2.89. The topological polar surface area (TPSA) is 80.3 Å². The molecule has 2 aliphatic heterocycles. The Labute approximate surface area is 104 Å². The summed E-state index contributed by atoms with van der Waals surface area (Å²) in [6.07, 6.45) is -2.03. The van der Waals surface area contributed by atoms with Crippen molar-refractivity contribution in [3.8, 4) is 0 Å². The summed E-state index contributed by atoms with van der Waals surface area (Å²) in [6.45, 7) is 3.65. The normalized spacial score (nSPS) is 37.3. The highest BCUT2D eigenvalue weighted by molar-refractivity contribution is 5.76. The van der Waals surface area contributed by atoms with Gasteiger partial charge in [0.25, 0.3) is 0 Å². The second-order valence-corrected chi connectivity index (χ2v) is 4.63. The van der Waals surface area contributed by atoms with Crippen LogP contribution >= 0.6 is 0 Å². The average Bonchev–Trinajstić information content (AvgIpc) is 2.74. The van der Waals surface area contributed by atoms with Gasteiger partial charge >= 0.3 is 12.4 Å². The van der Waals surface area contributed by atoms with Gasteiger partial charge < -0.3 is 23.7 Å². The second-order valence-electron chi connectivity index (χ2n) is 4.63. The molecule has 1 unspecified atom stereocenters. The number of rotatable bonds is 4. The Morgan fingerprint density at radius 3 is 2.61 bits per heavy atom. The van der Waals surface area contributed by atoms with Gasteiger partial charge in [-0.25, -0.2) is 0 Å². The van der Waals surface area contributed by atoms with Crippen molar-refractivity contribution in [3.05, 3.63) is 0 Å². The first-order valence-corrected chi connectivity index (χ1v) is 5.64. The van der Waals surface area contributed by atoms with Crippen LogP contribution in [0, 0.1) is 0 Å². The van der Waals surface area contributed by atoms with E-state index in [1.807, 2.05) is 0 Å². The molecule has 0 bridgehead atoms. The summed E-state index contributed by atoms with van der Waals surface area (Å²) >= 11 is 0. The molecule has 0 N–H and O–H groups in total. The molecule has 2 fully saturated rings. The van der Waals surface area contributed by atoms with E-state index in [2.05, 4.69) is 4.74 Å². The smallest absolute Gasteiger partial charge is 0.316 e. The van der Waals surface area contributed by atoms with Gasteiger partial charge in [0.2, 0.25) is 0 Å². The number of methoxy groups -OCH3 is 1. The molecule has 0 aromatic heterocycles. The minimum absolute atomic E-state index is 0.0841. The molecule has 102 valence electrons. The van der Waals surface area contributed by atoms with Crippen LogP contribution in [-0.2, 0) is 33.3 Å². The molecule has 0 saturated carbocycles. The number of ether oxygens (including phenoxy) is 5. The SMILES string of the molecule is COC1O[C@H](CC(=O)OC=O)[C@H]2OC(C)(C)O[C@@H]12. The quantitative estimate of drug-likeness (QED) is 0.399. The molecule has 2 rings (SSSR count). The molecule has 2 heterocycles. The van der Waals surface area contributed by atoms with E-state index < -0.39 is 30.3 Å². The third-order valence-electron chi connectivity index (χ3n) is 2.89. The third kappa shape index (κ3) is 2.54. The fraction of sp³-hybridized carbons (Fsp3) is 0.818. The lowest BCUT2D eigenvalue weighted by atomic mass is 10.1. The van der Waals surface area contributed by atoms with Crippen LogP contribution in [0.25, 0.3) is 0 Å². The van der Waals surface area contributed by atoms with Crippen molar-refractivity contribution in [1.29, 1.82) is 0 Å². The van der Waals surface area contributed by atoms with E-state index in [4.69, 9.17) is 18.9 Å². The van der Waals surface area contributed by atoms with Gasteiger partial charge in [-0.1, -0.05) is 0 Å². The summed E-state index contributed by atoms with van der Waals surface area (Å²) in [7, 11) is 1.49. The molecule has 0 radical (unpaired) electrons. The van der Waals surface area contributed by atoms with Gasteiger partial charge in [0.05, 0.1) is 6.42 Å². The lowest BCUT2D eigenvalue weighted by molar-refractivity contribution is -0.228. The van der Waals surface area contributed by atoms with Crippen LogP contribution in [0.4, 0.5) is 0 Å². The van der Waals surface area contributed by atoms with Crippen molar-refractivity contribution in [2.45, 2.75) is 50.7 Å². The van der Waals surface area contributed by atoms with Crippen molar-refractivity contribution in [2.75, 3.05) is 7.11 Å². The molecule has 0 aromatic rings. The van der Waals surface area contributed by atoms with Crippen LogP contribution < -0.4 is 0 Å². The molecule has 0 spiro atoms. The summed E-state index contributed by atoms with van der Waals surface area (Å²) in [6, 6.07) is 0. The molecule has 4 atom stereocenters. The fourth-order valence-corrected chi connectivity index (χ4v) is 2.26. The van der Waals surface area contributed by atoms with Gasteiger partial charge in [-0.3, -0.25) is 9.59 Å². The van der Waals surface area contributed by atoms with Crippen LogP contribution in [0.3, 0.4) is 0 Å². The molecule has 2 saturated heterocycles. The molecule has 0 amide bonds. The zero-order valence-electron chi connectivity index (χ0n) is 10.5. The summed E-state index contributed by atoms with van der Waals surface area (Å²) < 4.78 is 26.2. The Kier molecular flexibility index (Phi) is 3.67.